The lowest BCUT2D eigenvalue weighted by Gasteiger charge is -2.29. The number of aromatic nitrogens is 2. The fourth-order valence-corrected chi connectivity index (χ4v) is 3.44. The summed E-state index contributed by atoms with van der Waals surface area (Å²) in [6, 6.07) is 0.585. The van der Waals surface area contributed by atoms with Crippen LogP contribution in [-0.4, -0.2) is 34.3 Å². The van der Waals surface area contributed by atoms with E-state index in [1.165, 1.54) is 19.3 Å². The third kappa shape index (κ3) is 2.96. The van der Waals surface area contributed by atoms with Crippen molar-refractivity contribution in [1.29, 1.82) is 0 Å². The molecule has 1 fully saturated rings. The second kappa shape index (κ2) is 6.25. The molecule has 2 N–H and O–H groups in total. The molecule has 0 bridgehead atoms. The van der Waals surface area contributed by atoms with Crippen molar-refractivity contribution < 1.29 is 0 Å². The van der Waals surface area contributed by atoms with E-state index in [2.05, 4.69) is 24.0 Å². The van der Waals surface area contributed by atoms with E-state index in [4.69, 9.17) is 17.3 Å². The van der Waals surface area contributed by atoms with Crippen LogP contribution in [0.5, 0.6) is 0 Å². The van der Waals surface area contributed by atoms with Gasteiger partial charge in [0.2, 0.25) is 0 Å². The molecule has 0 saturated heterocycles. The normalized spacial score (nSPS) is 23.5. The first-order valence-electron chi connectivity index (χ1n) is 7.20. The Balaban J connectivity index is 2.12. The van der Waals surface area contributed by atoms with Gasteiger partial charge in [0, 0.05) is 19.1 Å². The number of hydrogen-bond donors (Lipinski definition) is 1. The number of nitrogens with zero attached hydrogens (tertiary/aromatic N) is 3. The molecule has 0 aromatic carbocycles. The van der Waals surface area contributed by atoms with Crippen molar-refractivity contribution in [2.24, 2.45) is 11.7 Å². The minimum atomic E-state index is 0.585. The Morgan fingerprint density at radius 1 is 1.47 bits per heavy atom. The highest BCUT2D eigenvalue weighted by molar-refractivity contribution is 6.31. The lowest BCUT2D eigenvalue weighted by Crippen LogP contribution is -2.37. The van der Waals surface area contributed by atoms with Crippen LogP contribution in [0, 0.1) is 12.8 Å². The molecule has 4 nitrogen and oxygen atoms in total. The topological polar surface area (TPSA) is 47.1 Å². The van der Waals surface area contributed by atoms with Gasteiger partial charge >= 0.3 is 0 Å². The van der Waals surface area contributed by atoms with Gasteiger partial charge in [0.05, 0.1) is 16.4 Å². The first kappa shape index (κ1) is 14.8. The van der Waals surface area contributed by atoms with Crippen LogP contribution in [0.1, 0.15) is 37.6 Å². The Bertz CT molecular complexity index is 429. The van der Waals surface area contributed by atoms with E-state index in [1.54, 1.807) is 0 Å². The molecule has 108 valence electrons. The van der Waals surface area contributed by atoms with Crippen molar-refractivity contribution in [3.63, 3.8) is 0 Å². The van der Waals surface area contributed by atoms with Gasteiger partial charge in [-0.2, -0.15) is 5.10 Å². The first-order chi connectivity index (χ1) is 9.08. The molecule has 1 aromatic heterocycles. The second-order valence-corrected chi connectivity index (χ2v) is 5.95. The zero-order valence-electron chi connectivity index (χ0n) is 12.2. The van der Waals surface area contributed by atoms with Gasteiger partial charge in [0.25, 0.3) is 0 Å². The van der Waals surface area contributed by atoms with Crippen molar-refractivity contribution in [2.45, 2.75) is 52.2 Å². The number of halogens is 1. The zero-order chi connectivity index (χ0) is 14.0. The lowest BCUT2D eigenvalue weighted by atomic mass is 10.0. The smallest absolute Gasteiger partial charge is 0.0860 e. The summed E-state index contributed by atoms with van der Waals surface area (Å²) in [6.45, 7) is 6.58. The summed E-state index contributed by atoms with van der Waals surface area (Å²) in [5.74, 6) is 0.628. The van der Waals surface area contributed by atoms with Gasteiger partial charge in [-0.3, -0.25) is 9.58 Å². The molecule has 1 heterocycles. The van der Waals surface area contributed by atoms with Crippen LogP contribution in [-0.2, 0) is 13.1 Å². The van der Waals surface area contributed by atoms with Crippen LogP contribution in [0.4, 0.5) is 0 Å². The van der Waals surface area contributed by atoms with E-state index >= 15 is 0 Å². The van der Waals surface area contributed by atoms with E-state index in [9.17, 15) is 0 Å². The molecule has 1 aromatic rings. The molecule has 19 heavy (non-hydrogen) atoms. The Labute approximate surface area is 120 Å². The van der Waals surface area contributed by atoms with Crippen LogP contribution in [0.25, 0.3) is 0 Å². The molecule has 0 aliphatic heterocycles. The van der Waals surface area contributed by atoms with Gasteiger partial charge in [0.1, 0.15) is 0 Å². The van der Waals surface area contributed by atoms with Gasteiger partial charge in [-0.1, -0.05) is 18.0 Å². The molecular weight excluding hydrogens is 260 g/mol. The largest absolute Gasteiger partial charge is 0.330 e. The maximum absolute atomic E-state index is 6.38. The van der Waals surface area contributed by atoms with Crippen LogP contribution < -0.4 is 5.73 Å². The number of nitrogens with two attached hydrogens (primary N) is 1. The molecule has 0 spiro atoms. The highest BCUT2D eigenvalue weighted by Crippen LogP contribution is 2.30. The molecule has 0 radical (unpaired) electrons. The summed E-state index contributed by atoms with van der Waals surface area (Å²) in [4.78, 5) is 2.40. The molecular formula is C14H25ClN4. The maximum atomic E-state index is 6.38. The van der Waals surface area contributed by atoms with E-state index in [-0.39, 0.29) is 0 Å². The molecule has 2 rings (SSSR count). The van der Waals surface area contributed by atoms with E-state index in [0.29, 0.717) is 12.0 Å². The van der Waals surface area contributed by atoms with Gasteiger partial charge in [-0.05, 0) is 46.2 Å². The minimum absolute atomic E-state index is 0.585. The number of hydrogen-bond acceptors (Lipinski definition) is 3. The quantitative estimate of drug-likeness (QED) is 0.903. The van der Waals surface area contributed by atoms with Crippen molar-refractivity contribution >= 4 is 11.6 Å². The van der Waals surface area contributed by atoms with E-state index in [0.717, 1.165) is 36.0 Å². The third-order valence-electron chi connectivity index (χ3n) is 4.34. The summed E-state index contributed by atoms with van der Waals surface area (Å²) >= 11 is 6.38. The number of aryl methyl sites for hydroxylation is 2. The highest BCUT2D eigenvalue weighted by Gasteiger charge is 2.30. The summed E-state index contributed by atoms with van der Waals surface area (Å²) < 4.78 is 2.01. The predicted octanol–water partition coefficient (Wildman–Crippen LogP) is 2.42. The average Bonchev–Trinajstić information content (AvgIpc) is 2.98. The molecule has 1 aliphatic carbocycles. The van der Waals surface area contributed by atoms with E-state index in [1.807, 2.05) is 11.6 Å². The molecule has 0 amide bonds. The molecule has 1 aliphatic rings. The van der Waals surface area contributed by atoms with Gasteiger partial charge in [-0.15, -0.1) is 0 Å². The van der Waals surface area contributed by atoms with Crippen molar-refractivity contribution in [2.75, 3.05) is 13.6 Å². The lowest BCUT2D eigenvalue weighted by molar-refractivity contribution is 0.188. The zero-order valence-corrected chi connectivity index (χ0v) is 13.0. The Morgan fingerprint density at radius 3 is 2.84 bits per heavy atom. The SMILES string of the molecule is CCn1nc(C)c(Cl)c1CN(C)C1CCCC1CN. The average molecular weight is 285 g/mol. The molecule has 5 heteroatoms. The monoisotopic (exact) mass is 284 g/mol. The molecule has 2 unspecified atom stereocenters. The van der Waals surface area contributed by atoms with E-state index < -0.39 is 0 Å². The minimum Gasteiger partial charge on any atom is -0.330 e. The fraction of sp³-hybridized carbons (Fsp3) is 0.786. The van der Waals surface area contributed by atoms with Gasteiger partial charge in [-0.25, -0.2) is 0 Å². The summed E-state index contributed by atoms with van der Waals surface area (Å²) in [6.07, 6.45) is 3.79. The maximum Gasteiger partial charge on any atom is 0.0860 e. The van der Waals surface area contributed by atoms with Crippen LogP contribution in [0.2, 0.25) is 5.02 Å². The van der Waals surface area contributed by atoms with Crippen molar-refractivity contribution in [3.05, 3.63) is 16.4 Å². The number of rotatable bonds is 5. The summed E-state index contributed by atoms with van der Waals surface area (Å²) in [5.41, 5.74) is 7.93. The predicted molar refractivity (Wildman–Crippen MR) is 79.3 cm³/mol. The fourth-order valence-electron chi connectivity index (χ4n) is 3.25. The van der Waals surface area contributed by atoms with Crippen molar-refractivity contribution in [3.8, 4) is 0 Å². The highest BCUT2D eigenvalue weighted by atomic mass is 35.5. The van der Waals surface area contributed by atoms with Gasteiger partial charge < -0.3 is 5.73 Å². The van der Waals surface area contributed by atoms with Gasteiger partial charge in [0.15, 0.2) is 0 Å². The Morgan fingerprint density at radius 2 is 2.21 bits per heavy atom. The molecule has 2 atom stereocenters. The van der Waals surface area contributed by atoms with Crippen LogP contribution in [0.15, 0.2) is 0 Å². The van der Waals surface area contributed by atoms with Crippen molar-refractivity contribution in [1.82, 2.24) is 14.7 Å². The third-order valence-corrected chi connectivity index (χ3v) is 4.83. The van der Waals surface area contributed by atoms with Crippen LogP contribution in [0.3, 0.4) is 0 Å². The first-order valence-corrected chi connectivity index (χ1v) is 7.58. The Hall–Kier alpha value is -0.580. The van der Waals surface area contributed by atoms with Crippen LogP contribution >= 0.6 is 11.6 Å². The second-order valence-electron chi connectivity index (χ2n) is 5.57. The Kier molecular flexibility index (Phi) is 4.87. The molecule has 1 saturated carbocycles. The summed E-state index contributed by atoms with van der Waals surface area (Å²) in [7, 11) is 2.18. The standard InChI is InChI=1S/C14H25ClN4/c1-4-19-13(14(15)10(2)17-19)9-18(3)12-7-5-6-11(12)8-16/h11-12H,4-9,16H2,1-3H3. The summed E-state index contributed by atoms with van der Waals surface area (Å²) in [5, 5.41) is 5.30.